The van der Waals surface area contributed by atoms with Crippen molar-refractivity contribution in [3.8, 4) is 0 Å². The van der Waals surface area contributed by atoms with E-state index in [1.54, 1.807) is 6.20 Å². The number of hydrogen-bond donors (Lipinski definition) is 2. The van der Waals surface area contributed by atoms with Crippen molar-refractivity contribution in [2.24, 2.45) is 5.73 Å². The maximum absolute atomic E-state index is 6.18. The summed E-state index contributed by atoms with van der Waals surface area (Å²) in [5, 5.41) is 0.718. The number of anilines is 1. The fourth-order valence-corrected chi connectivity index (χ4v) is 2.14. The first-order chi connectivity index (χ1) is 8.56. The molecule has 0 aliphatic rings. The van der Waals surface area contributed by atoms with Crippen molar-refractivity contribution >= 4 is 17.4 Å². The lowest BCUT2D eigenvalue weighted by atomic mass is 9.99. The van der Waals surface area contributed by atoms with Gasteiger partial charge in [0.15, 0.2) is 0 Å². The molecule has 0 saturated carbocycles. The molecule has 0 amide bonds. The number of aryl methyl sites for hydroxylation is 1. The first-order valence-electron chi connectivity index (χ1n) is 5.78. The number of rotatable bonds is 3. The number of aromatic nitrogens is 1. The second-order valence-electron chi connectivity index (χ2n) is 4.43. The van der Waals surface area contributed by atoms with Gasteiger partial charge in [-0.1, -0.05) is 23.7 Å². The van der Waals surface area contributed by atoms with Crippen LogP contribution in [-0.4, -0.2) is 4.98 Å². The Kier molecular flexibility index (Phi) is 3.84. The van der Waals surface area contributed by atoms with Crippen LogP contribution in [0.15, 0.2) is 36.5 Å². The van der Waals surface area contributed by atoms with Gasteiger partial charge in [0.05, 0.1) is 0 Å². The molecule has 4 heteroatoms. The van der Waals surface area contributed by atoms with Gasteiger partial charge in [0.2, 0.25) is 0 Å². The van der Waals surface area contributed by atoms with Crippen molar-refractivity contribution in [3.05, 3.63) is 58.2 Å². The lowest BCUT2D eigenvalue weighted by Crippen LogP contribution is -2.16. The van der Waals surface area contributed by atoms with Gasteiger partial charge in [-0.05, 0) is 42.7 Å². The highest BCUT2D eigenvalue weighted by molar-refractivity contribution is 6.30. The van der Waals surface area contributed by atoms with E-state index in [4.69, 9.17) is 23.1 Å². The molecule has 1 heterocycles. The molecule has 0 bridgehead atoms. The van der Waals surface area contributed by atoms with Gasteiger partial charge in [0, 0.05) is 22.8 Å². The van der Waals surface area contributed by atoms with Crippen molar-refractivity contribution in [1.29, 1.82) is 0 Å². The molecule has 0 aliphatic heterocycles. The monoisotopic (exact) mass is 261 g/mol. The van der Waals surface area contributed by atoms with Crippen LogP contribution < -0.4 is 11.5 Å². The number of halogens is 1. The van der Waals surface area contributed by atoms with Crippen LogP contribution in [0, 0.1) is 6.92 Å². The van der Waals surface area contributed by atoms with Crippen LogP contribution >= 0.6 is 11.6 Å². The fourth-order valence-electron chi connectivity index (χ4n) is 1.93. The van der Waals surface area contributed by atoms with Crippen molar-refractivity contribution in [2.45, 2.75) is 19.4 Å². The minimum absolute atomic E-state index is 0.170. The van der Waals surface area contributed by atoms with E-state index in [9.17, 15) is 0 Å². The molecule has 0 fully saturated rings. The Morgan fingerprint density at radius 3 is 2.83 bits per heavy atom. The molecule has 18 heavy (non-hydrogen) atoms. The molecule has 0 aliphatic carbocycles. The van der Waals surface area contributed by atoms with Gasteiger partial charge >= 0.3 is 0 Å². The maximum Gasteiger partial charge on any atom is 0.128 e. The topological polar surface area (TPSA) is 64.9 Å². The molecule has 2 aromatic rings. The summed E-state index contributed by atoms with van der Waals surface area (Å²) in [6.45, 7) is 1.97. The predicted molar refractivity (Wildman–Crippen MR) is 75.5 cm³/mol. The Bertz CT molecular complexity index is 554. The van der Waals surface area contributed by atoms with E-state index in [0.29, 0.717) is 12.2 Å². The van der Waals surface area contributed by atoms with E-state index in [-0.39, 0.29) is 6.04 Å². The van der Waals surface area contributed by atoms with Crippen molar-refractivity contribution in [2.75, 3.05) is 5.73 Å². The molecule has 0 radical (unpaired) electrons. The van der Waals surface area contributed by atoms with E-state index >= 15 is 0 Å². The SMILES string of the molecule is Cc1cnc(N)c(C(N)Cc2cccc(Cl)c2)c1. The largest absolute Gasteiger partial charge is 0.383 e. The zero-order chi connectivity index (χ0) is 13.1. The molecule has 0 spiro atoms. The standard InChI is InChI=1S/C14H16ClN3/c1-9-5-12(14(17)18-8-9)13(16)7-10-3-2-4-11(15)6-10/h2-6,8,13H,7,16H2,1H3,(H2,17,18). The quantitative estimate of drug-likeness (QED) is 0.893. The third-order valence-corrected chi connectivity index (χ3v) is 3.07. The van der Waals surface area contributed by atoms with E-state index < -0.39 is 0 Å². The summed E-state index contributed by atoms with van der Waals surface area (Å²) in [6.07, 6.45) is 2.43. The van der Waals surface area contributed by atoms with Crippen LogP contribution in [0.1, 0.15) is 22.7 Å². The van der Waals surface area contributed by atoms with Gasteiger partial charge in [0.1, 0.15) is 5.82 Å². The van der Waals surface area contributed by atoms with Gasteiger partial charge in [-0.15, -0.1) is 0 Å². The molecule has 1 unspecified atom stereocenters. The minimum atomic E-state index is -0.170. The smallest absolute Gasteiger partial charge is 0.128 e. The highest BCUT2D eigenvalue weighted by atomic mass is 35.5. The van der Waals surface area contributed by atoms with E-state index in [1.165, 1.54) is 0 Å². The number of nitrogens with zero attached hydrogens (tertiary/aromatic N) is 1. The lowest BCUT2D eigenvalue weighted by molar-refractivity contribution is 0.720. The van der Waals surface area contributed by atoms with E-state index in [2.05, 4.69) is 4.98 Å². The zero-order valence-corrected chi connectivity index (χ0v) is 11.0. The number of benzene rings is 1. The Labute approximate surface area is 112 Å². The van der Waals surface area contributed by atoms with E-state index in [1.807, 2.05) is 37.3 Å². The maximum atomic E-state index is 6.18. The molecule has 3 nitrogen and oxygen atoms in total. The van der Waals surface area contributed by atoms with Gasteiger partial charge in [-0.2, -0.15) is 0 Å². The van der Waals surface area contributed by atoms with Crippen LogP contribution in [0.4, 0.5) is 5.82 Å². The first kappa shape index (κ1) is 12.9. The summed E-state index contributed by atoms with van der Waals surface area (Å²) < 4.78 is 0. The number of nitrogens with two attached hydrogens (primary N) is 2. The zero-order valence-electron chi connectivity index (χ0n) is 10.2. The molecule has 1 atom stereocenters. The summed E-state index contributed by atoms with van der Waals surface area (Å²) in [4.78, 5) is 4.13. The van der Waals surface area contributed by atoms with Crippen LogP contribution in [0.3, 0.4) is 0 Å². The van der Waals surface area contributed by atoms with Crippen LogP contribution in [-0.2, 0) is 6.42 Å². The number of nitrogen functional groups attached to an aromatic ring is 1. The lowest BCUT2D eigenvalue weighted by Gasteiger charge is -2.14. The molecule has 1 aromatic carbocycles. The highest BCUT2D eigenvalue weighted by Gasteiger charge is 2.11. The first-order valence-corrected chi connectivity index (χ1v) is 6.16. The van der Waals surface area contributed by atoms with Gasteiger partial charge in [0.25, 0.3) is 0 Å². The Morgan fingerprint density at radius 2 is 2.11 bits per heavy atom. The summed E-state index contributed by atoms with van der Waals surface area (Å²) in [6, 6.07) is 9.50. The summed E-state index contributed by atoms with van der Waals surface area (Å²) in [5.74, 6) is 0.495. The molecule has 94 valence electrons. The Hall–Kier alpha value is -1.58. The van der Waals surface area contributed by atoms with E-state index in [0.717, 1.165) is 21.7 Å². The highest BCUT2D eigenvalue weighted by Crippen LogP contribution is 2.22. The molecular formula is C14H16ClN3. The summed E-state index contributed by atoms with van der Waals surface area (Å²) in [7, 11) is 0. The number of pyridine rings is 1. The van der Waals surface area contributed by atoms with Gasteiger partial charge in [-0.3, -0.25) is 0 Å². The second-order valence-corrected chi connectivity index (χ2v) is 4.86. The molecule has 0 saturated heterocycles. The second kappa shape index (κ2) is 5.38. The Balaban J connectivity index is 2.21. The van der Waals surface area contributed by atoms with Crippen LogP contribution in [0.25, 0.3) is 0 Å². The van der Waals surface area contributed by atoms with Gasteiger partial charge < -0.3 is 11.5 Å². The Morgan fingerprint density at radius 1 is 1.33 bits per heavy atom. The third kappa shape index (κ3) is 3.00. The molecular weight excluding hydrogens is 246 g/mol. The average Bonchev–Trinajstić information content (AvgIpc) is 2.32. The third-order valence-electron chi connectivity index (χ3n) is 2.83. The van der Waals surface area contributed by atoms with Gasteiger partial charge in [-0.25, -0.2) is 4.98 Å². The average molecular weight is 262 g/mol. The summed E-state index contributed by atoms with van der Waals surface area (Å²) >= 11 is 5.95. The predicted octanol–water partition coefficient (Wildman–Crippen LogP) is 2.87. The van der Waals surface area contributed by atoms with Crippen LogP contribution in [0.2, 0.25) is 5.02 Å². The normalized spacial score (nSPS) is 12.4. The van der Waals surface area contributed by atoms with Crippen molar-refractivity contribution < 1.29 is 0 Å². The molecule has 1 aromatic heterocycles. The molecule has 2 rings (SSSR count). The molecule has 4 N–H and O–H groups in total. The number of hydrogen-bond acceptors (Lipinski definition) is 3. The summed E-state index contributed by atoms with van der Waals surface area (Å²) in [5.41, 5.74) is 15.1. The van der Waals surface area contributed by atoms with Crippen molar-refractivity contribution in [1.82, 2.24) is 4.98 Å². The van der Waals surface area contributed by atoms with Crippen LogP contribution in [0.5, 0.6) is 0 Å². The van der Waals surface area contributed by atoms with Crippen molar-refractivity contribution in [3.63, 3.8) is 0 Å². The fraction of sp³-hybridized carbons (Fsp3) is 0.214. The minimum Gasteiger partial charge on any atom is -0.383 e.